The van der Waals surface area contributed by atoms with Gasteiger partial charge in [0.15, 0.2) is 0 Å². The average molecular weight is 438 g/mol. The van der Waals surface area contributed by atoms with Gasteiger partial charge in [0, 0.05) is 25.5 Å². The molecule has 0 aliphatic carbocycles. The van der Waals surface area contributed by atoms with Crippen LogP contribution in [0.3, 0.4) is 0 Å². The van der Waals surface area contributed by atoms with Gasteiger partial charge in [-0.3, -0.25) is 0 Å². The van der Waals surface area contributed by atoms with Gasteiger partial charge < -0.3 is 0 Å². The summed E-state index contributed by atoms with van der Waals surface area (Å²) in [5, 5.41) is 14.2. The van der Waals surface area contributed by atoms with Crippen LogP contribution < -0.4 is 0 Å². The SMILES string of the molecule is CCc1ccn(C(C)(n2ccc(CC)n2)n2ccc(CC)n2)n1.[Cl][Mn][Cl]. The van der Waals surface area contributed by atoms with Crippen LogP contribution in [0.1, 0.15) is 44.8 Å². The second kappa shape index (κ2) is 9.60. The Morgan fingerprint density at radius 2 is 1.04 bits per heavy atom. The van der Waals surface area contributed by atoms with Crippen molar-refractivity contribution in [3.63, 3.8) is 0 Å². The first kappa shape index (κ1) is 21.0. The van der Waals surface area contributed by atoms with Gasteiger partial charge in [-0.2, -0.15) is 15.3 Å². The number of aromatic nitrogens is 6. The Balaban J connectivity index is 0.000000758. The molecule has 0 atom stereocenters. The van der Waals surface area contributed by atoms with Crippen LogP contribution in [-0.4, -0.2) is 29.3 Å². The van der Waals surface area contributed by atoms with Gasteiger partial charge in [0.2, 0.25) is 5.79 Å². The normalized spacial score (nSPS) is 11.3. The number of hydrogen-bond acceptors (Lipinski definition) is 3. The van der Waals surface area contributed by atoms with Crippen molar-refractivity contribution in [3.05, 3.63) is 53.9 Å². The van der Waals surface area contributed by atoms with Crippen molar-refractivity contribution in [1.82, 2.24) is 29.3 Å². The molecule has 0 amide bonds. The van der Waals surface area contributed by atoms with E-state index in [0.717, 1.165) is 36.3 Å². The van der Waals surface area contributed by atoms with Crippen LogP contribution >= 0.6 is 20.2 Å². The summed E-state index contributed by atoms with van der Waals surface area (Å²) in [6, 6.07) is 6.14. The molecule has 0 N–H and O–H groups in total. The standard InChI is InChI=1S/C17H24N6.2ClH.Mn/c1-5-14-8-11-21(18-14)17(4,22-12-9-15(6-2)19-22)23-13-10-16(7-3)20-23;;;/h8-13H,5-7H2,1-4H3;2*1H;/q;;;+2/p-2. The minimum atomic E-state index is -0.645. The summed E-state index contributed by atoms with van der Waals surface area (Å²) >= 11 is 0.00694. The number of aryl methyl sites for hydroxylation is 3. The summed E-state index contributed by atoms with van der Waals surface area (Å²) in [4.78, 5) is 0. The molecule has 0 unspecified atom stereocenters. The van der Waals surface area contributed by atoms with Gasteiger partial charge in [0.05, 0.1) is 17.1 Å². The summed E-state index contributed by atoms with van der Waals surface area (Å²) in [5.74, 6) is -0.645. The number of hydrogen-bond donors (Lipinski definition) is 0. The maximum absolute atomic E-state index is 4.80. The fourth-order valence-electron chi connectivity index (χ4n) is 2.67. The summed E-state index contributed by atoms with van der Waals surface area (Å²) in [7, 11) is 9.59. The average Bonchev–Trinajstić information content (AvgIpc) is 3.41. The van der Waals surface area contributed by atoms with E-state index >= 15 is 0 Å². The first-order valence-electron chi connectivity index (χ1n) is 8.55. The molecule has 0 saturated carbocycles. The molecule has 0 bridgehead atoms. The molecule has 0 fully saturated rings. The predicted molar refractivity (Wildman–Crippen MR) is 101 cm³/mol. The fourth-order valence-corrected chi connectivity index (χ4v) is 2.67. The van der Waals surface area contributed by atoms with Crippen molar-refractivity contribution < 1.29 is 13.1 Å². The van der Waals surface area contributed by atoms with E-state index in [4.69, 9.17) is 35.5 Å². The Labute approximate surface area is 169 Å². The summed E-state index contributed by atoms with van der Waals surface area (Å²) in [5.41, 5.74) is 3.17. The molecule has 3 aromatic heterocycles. The van der Waals surface area contributed by atoms with Gasteiger partial charge in [-0.1, -0.05) is 20.8 Å². The molecule has 0 spiro atoms. The Hall–Kier alpha value is -1.27. The molecule has 0 aromatic carbocycles. The zero-order valence-corrected chi connectivity index (χ0v) is 18.1. The molecule has 6 nitrogen and oxygen atoms in total. The molecule has 3 aromatic rings. The molecular weight excluding hydrogens is 414 g/mol. The Morgan fingerprint density at radius 1 is 0.769 bits per heavy atom. The molecule has 26 heavy (non-hydrogen) atoms. The summed E-state index contributed by atoms with van der Waals surface area (Å²) in [6.45, 7) is 8.40. The van der Waals surface area contributed by atoms with E-state index in [-0.39, 0.29) is 13.1 Å². The van der Waals surface area contributed by atoms with E-state index in [1.807, 2.05) is 50.8 Å². The summed E-state index contributed by atoms with van der Waals surface area (Å²) in [6.07, 6.45) is 8.71. The number of rotatable bonds is 6. The zero-order valence-electron chi connectivity index (χ0n) is 15.4. The van der Waals surface area contributed by atoms with Gasteiger partial charge in [-0.25, -0.2) is 14.0 Å². The first-order valence-corrected chi connectivity index (χ1v) is 11.8. The van der Waals surface area contributed by atoms with Gasteiger partial charge in [0.1, 0.15) is 0 Å². The van der Waals surface area contributed by atoms with Gasteiger partial charge in [0.25, 0.3) is 0 Å². The molecule has 9 heteroatoms. The molecule has 143 valence electrons. The number of nitrogens with zero attached hydrogens (tertiary/aromatic N) is 6. The Bertz CT molecular complexity index is 706. The van der Waals surface area contributed by atoms with E-state index in [9.17, 15) is 0 Å². The maximum atomic E-state index is 4.80. The molecule has 0 aliphatic heterocycles. The van der Waals surface area contributed by atoms with E-state index in [1.165, 1.54) is 0 Å². The van der Waals surface area contributed by atoms with Crippen molar-refractivity contribution in [2.24, 2.45) is 0 Å². The van der Waals surface area contributed by atoms with Crippen molar-refractivity contribution in [3.8, 4) is 0 Å². The molecular formula is C17H24Cl2MnN6. The van der Waals surface area contributed by atoms with Crippen molar-refractivity contribution in [2.75, 3.05) is 0 Å². The Morgan fingerprint density at radius 3 is 1.23 bits per heavy atom. The van der Waals surface area contributed by atoms with Crippen LogP contribution in [0.2, 0.25) is 0 Å². The summed E-state index contributed by atoms with van der Waals surface area (Å²) < 4.78 is 5.81. The van der Waals surface area contributed by atoms with Crippen molar-refractivity contribution in [2.45, 2.75) is 52.7 Å². The van der Waals surface area contributed by atoms with Crippen LogP contribution in [0.15, 0.2) is 36.8 Å². The van der Waals surface area contributed by atoms with Crippen LogP contribution in [0.4, 0.5) is 0 Å². The van der Waals surface area contributed by atoms with E-state index in [1.54, 1.807) is 0 Å². The predicted octanol–water partition coefficient (Wildman–Crippen LogP) is 4.07. The van der Waals surface area contributed by atoms with E-state index < -0.39 is 5.79 Å². The molecule has 0 aliphatic rings. The van der Waals surface area contributed by atoms with Crippen LogP contribution in [0.25, 0.3) is 0 Å². The molecule has 3 rings (SSSR count). The van der Waals surface area contributed by atoms with Gasteiger partial charge >= 0.3 is 33.3 Å². The minimum absolute atomic E-state index is 0.00694. The van der Waals surface area contributed by atoms with Gasteiger partial charge in [-0.15, -0.1) is 0 Å². The van der Waals surface area contributed by atoms with Crippen LogP contribution in [0.5, 0.6) is 0 Å². The zero-order chi connectivity index (χ0) is 19.2. The molecule has 0 saturated heterocycles. The monoisotopic (exact) mass is 437 g/mol. The quantitative estimate of drug-likeness (QED) is 0.546. The fraction of sp³-hybridized carbons (Fsp3) is 0.471. The first-order chi connectivity index (χ1) is 12.5. The third kappa shape index (κ3) is 4.34. The molecule has 0 radical (unpaired) electrons. The molecule has 3 heterocycles. The van der Waals surface area contributed by atoms with Gasteiger partial charge in [-0.05, 0) is 37.5 Å². The van der Waals surface area contributed by atoms with E-state index in [0.29, 0.717) is 0 Å². The van der Waals surface area contributed by atoms with E-state index in [2.05, 4.69) is 27.7 Å². The van der Waals surface area contributed by atoms with Crippen molar-refractivity contribution in [1.29, 1.82) is 0 Å². The number of halogens is 2. The Kier molecular flexibility index (Phi) is 7.77. The second-order valence-corrected chi connectivity index (χ2v) is 7.79. The van der Waals surface area contributed by atoms with Crippen molar-refractivity contribution >= 4 is 20.2 Å². The third-order valence-electron chi connectivity index (χ3n) is 4.32. The topological polar surface area (TPSA) is 53.5 Å². The van der Waals surface area contributed by atoms with Crippen LogP contribution in [-0.2, 0) is 38.2 Å². The third-order valence-corrected chi connectivity index (χ3v) is 4.32. The van der Waals surface area contributed by atoms with Crippen LogP contribution in [0, 0.1) is 0 Å². The second-order valence-electron chi connectivity index (χ2n) is 5.84.